The van der Waals surface area contributed by atoms with Gasteiger partial charge in [0.2, 0.25) is 0 Å². The lowest BCUT2D eigenvalue weighted by Gasteiger charge is -2.07. The van der Waals surface area contributed by atoms with E-state index in [9.17, 15) is 4.39 Å². The molecule has 0 fully saturated rings. The fraction of sp³-hybridized carbons (Fsp3) is 0.545. The van der Waals surface area contributed by atoms with Crippen LogP contribution < -0.4 is 4.74 Å². The lowest BCUT2D eigenvalue weighted by atomic mass is 10.1. The number of hydrogen-bond donors (Lipinski definition) is 0. The van der Waals surface area contributed by atoms with Crippen LogP contribution in [-0.4, -0.2) is 16.6 Å². The van der Waals surface area contributed by atoms with Crippen LogP contribution in [0.4, 0.5) is 4.39 Å². The molecule has 0 radical (unpaired) electrons. The van der Waals surface area contributed by atoms with Crippen molar-refractivity contribution in [2.45, 2.75) is 71.4 Å². The van der Waals surface area contributed by atoms with Crippen molar-refractivity contribution in [2.75, 3.05) is 6.61 Å². The zero-order valence-electron chi connectivity index (χ0n) is 16.1. The molecule has 26 heavy (non-hydrogen) atoms. The minimum Gasteiger partial charge on any atom is -0.490 e. The quantitative estimate of drug-likeness (QED) is 0.396. The third-order valence-corrected chi connectivity index (χ3v) is 4.52. The monoisotopic (exact) mass is 358 g/mol. The SMILES string of the molecule is CCCCCCCCCCOc1cnc(-c2ccc([C@@H](C)F)cc2)nc1. The molecule has 1 atom stereocenters. The Bertz CT molecular complexity index is 611. The van der Waals surface area contributed by atoms with E-state index in [1.807, 2.05) is 12.1 Å². The molecule has 0 spiro atoms. The van der Waals surface area contributed by atoms with Crippen molar-refractivity contribution in [3.8, 4) is 17.1 Å². The van der Waals surface area contributed by atoms with Gasteiger partial charge in [-0.1, -0.05) is 76.1 Å². The number of ether oxygens (including phenoxy) is 1. The lowest BCUT2D eigenvalue weighted by molar-refractivity contribution is 0.302. The van der Waals surface area contributed by atoms with Crippen LogP contribution in [0.25, 0.3) is 11.4 Å². The Morgan fingerprint density at radius 2 is 1.46 bits per heavy atom. The van der Waals surface area contributed by atoms with Crippen molar-refractivity contribution in [1.82, 2.24) is 9.97 Å². The van der Waals surface area contributed by atoms with Crippen molar-refractivity contribution in [3.63, 3.8) is 0 Å². The third-order valence-electron chi connectivity index (χ3n) is 4.52. The van der Waals surface area contributed by atoms with Crippen molar-refractivity contribution < 1.29 is 9.13 Å². The standard InChI is InChI=1S/C22H31FN2O/c1-3-4-5-6-7-8-9-10-15-26-21-16-24-22(25-17-21)20-13-11-19(12-14-20)18(2)23/h11-14,16-18H,3-10,15H2,1-2H3/t18-/m1/s1. The van der Waals surface area contributed by atoms with Gasteiger partial charge < -0.3 is 4.74 Å². The number of halogens is 1. The second-order valence-electron chi connectivity index (χ2n) is 6.80. The summed E-state index contributed by atoms with van der Waals surface area (Å²) in [5, 5.41) is 0. The van der Waals surface area contributed by atoms with Gasteiger partial charge in [-0.15, -0.1) is 0 Å². The maximum Gasteiger partial charge on any atom is 0.159 e. The number of unbranched alkanes of at least 4 members (excludes halogenated alkanes) is 7. The van der Waals surface area contributed by atoms with E-state index in [4.69, 9.17) is 4.74 Å². The number of hydrogen-bond acceptors (Lipinski definition) is 3. The summed E-state index contributed by atoms with van der Waals surface area (Å²) in [5.74, 6) is 1.33. The Balaban J connectivity index is 1.67. The average molecular weight is 359 g/mol. The second-order valence-corrected chi connectivity index (χ2v) is 6.80. The summed E-state index contributed by atoms with van der Waals surface area (Å²) in [6.07, 6.45) is 12.7. The van der Waals surface area contributed by atoms with Crippen molar-refractivity contribution in [3.05, 3.63) is 42.2 Å². The van der Waals surface area contributed by atoms with Crippen LogP contribution in [0.1, 0.15) is 76.9 Å². The van der Waals surface area contributed by atoms with E-state index in [2.05, 4.69) is 16.9 Å². The average Bonchev–Trinajstić information content (AvgIpc) is 2.67. The third kappa shape index (κ3) is 7.11. The Morgan fingerprint density at radius 3 is 2.04 bits per heavy atom. The van der Waals surface area contributed by atoms with Gasteiger partial charge in [-0.3, -0.25) is 0 Å². The largest absolute Gasteiger partial charge is 0.490 e. The molecule has 0 unspecified atom stereocenters. The molecule has 3 nitrogen and oxygen atoms in total. The van der Waals surface area contributed by atoms with Crippen molar-refractivity contribution >= 4 is 0 Å². The highest BCUT2D eigenvalue weighted by molar-refractivity contribution is 5.55. The normalized spacial score (nSPS) is 12.1. The summed E-state index contributed by atoms with van der Waals surface area (Å²) >= 11 is 0. The number of benzene rings is 1. The molecule has 2 aromatic rings. The summed E-state index contributed by atoms with van der Waals surface area (Å²) in [6, 6.07) is 7.25. The van der Waals surface area contributed by atoms with Gasteiger partial charge in [0.25, 0.3) is 0 Å². The predicted molar refractivity (Wildman–Crippen MR) is 105 cm³/mol. The highest BCUT2D eigenvalue weighted by atomic mass is 19.1. The lowest BCUT2D eigenvalue weighted by Crippen LogP contribution is -1.99. The fourth-order valence-electron chi connectivity index (χ4n) is 2.86. The van der Waals surface area contributed by atoms with E-state index in [1.54, 1.807) is 24.5 Å². The molecule has 0 N–H and O–H groups in total. The molecule has 142 valence electrons. The molecule has 0 aliphatic heterocycles. The van der Waals surface area contributed by atoms with Crippen LogP contribution in [0.2, 0.25) is 0 Å². The molecular formula is C22H31FN2O. The summed E-state index contributed by atoms with van der Waals surface area (Å²) in [6.45, 7) is 4.49. The number of rotatable bonds is 12. The topological polar surface area (TPSA) is 35.0 Å². The molecule has 1 aromatic carbocycles. The van der Waals surface area contributed by atoms with Gasteiger partial charge in [0.1, 0.15) is 6.17 Å². The van der Waals surface area contributed by atoms with Crippen LogP contribution in [0.15, 0.2) is 36.7 Å². The van der Waals surface area contributed by atoms with Gasteiger partial charge in [-0.25, -0.2) is 14.4 Å². The fourth-order valence-corrected chi connectivity index (χ4v) is 2.86. The Morgan fingerprint density at radius 1 is 0.885 bits per heavy atom. The second kappa shape index (κ2) is 11.6. The van der Waals surface area contributed by atoms with Gasteiger partial charge >= 0.3 is 0 Å². The van der Waals surface area contributed by atoms with E-state index in [-0.39, 0.29) is 0 Å². The molecule has 0 saturated carbocycles. The molecule has 0 aliphatic carbocycles. The zero-order chi connectivity index (χ0) is 18.6. The number of aromatic nitrogens is 2. The first-order valence-corrected chi connectivity index (χ1v) is 9.90. The van der Waals surface area contributed by atoms with Crippen molar-refractivity contribution in [2.24, 2.45) is 0 Å². The van der Waals surface area contributed by atoms with Crippen LogP contribution in [0, 0.1) is 0 Å². The van der Waals surface area contributed by atoms with E-state index >= 15 is 0 Å². The van der Waals surface area contributed by atoms with Crippen LogP contribution in [0.5, 0.6) is 5.75 Å². The number of nitrogens with zero attached hydrogens (tertiary/aromatic N) is 2. The van der Waals surface area contributed by atoms with Crippen LogP contribution in [0.3, 0.4) is 0 Å². The molecule has 0 aliphatic rings. The molecular weight excluding hydrogens is 327 g/mol. The summed E-state index contributed by atoms with van der Waals surface area (Å²) in [5.41, 5.74) is 1.54. The van der Waals surface area contributed by atoms with Crippen LogP contribution in [-0.2, 0) is 0 Å². The first-order valence-electron chi connectivity index (χ1n) is 9.90. The molecule has 0 amide bonds. The number of alkyl halides is 1. The van der Waals surface area contributed by atoms with Crippen LogP contribution >= 0.6 is 0 Å². The molecule has 4 heteroatoms. The van der Waals surface area contributed by atoms with Gasteiger partial charge in [0.05, 0.1) is 19.0 Å². The van der Waals surface area contributed by atoms with Crippen molar-refractivity contribution in [1.29, 1.82) is 0 Å². The van der Waals surface area contributed by atoms with E-state index in [0.29, 0.717) is 23.7 Å². The Kier molecular flexibility index (Phi) is 9.08. The van der Waals surface area contributed by atoms with Gasteiger partial charge in [0, 0.05) is 5.56 Å². The Labute approximate surface area is 157 Å². The predicted octanol–water partition coefficient (Wildman–Crippen LogP) is 6.69. The highest BCUT2D eigenvalue weighted by Crippen LogP contribution is 2.21. The minimum absolute atomic E-state index is 0.627. The molecule has 0 saturated heterocycles. The smallest absolute Gasteiger partial charge is 0.159 e. The van der Waals surface area contributed by atoms with E-state index in [0.717, 1.165) is 12.0 Å². The van der Waals surface area contributed by atoms with Gasteiger partial charge in [-0.05, 0) is 18.9 Å². The van der Waals surface area contributed by atoms with Gasteiger partial charge in [-0.2, -0.15) is 0 Å². The summed E-state index contributed by atoms with van der Waals surface area (Å²) in [7, 11) is 0. The zero-order valence-corrected chi connectivity index (χ0v) is 16.1. The first kappa shape index (κ1) is 20.3. The first-order chi connectivity index (χ1) is 12.7. The van der Waals surface area contributed by atoms with E-state index in [1.165, 1.54) is 51.9 Å². The summed E-state index contributed by atoms with van der Waals surface area (Å²) < 4.78 is 19.0. The maximum atomic E-state index is 13.2. The molecule has 1 heterocycles. The summed E-state index contributed by atoms with van der Waals surface area (Å²) in [4.78, 5) is 8.70. The molecule has 0 bridgehead atoms. The molecule has 2 rings (SSSR count). The Hall–Kier alpha value is -1.97. The van der Waals surface area contributed by atoms with Gasteiger partial charge in [0.15, 0.2) is 11.6 Å². The molecule has 1 aromatic heterocycles. The maximum absolute atomic E-state index is 13.2. The minimum atomic E-state index is -0.961. The van der Waals surface area contributed by atoms with E-state index < -0.39 is 6.17 Å². The highest BCUT2D eigenvalue weighted by Gasteiger charge is 2.05.